The third-order valence-corrected chi connectivity index (χ3v) is 6.66. The zero-order chi connectivity index (χ0) is 23.1. The molecule has 0 spiro atoms. The van der Waals surface area contributed by atoms with Gasteiger partial charge in [0.25, 0.3) is 5.56 Å². The monoisotopic (exact) mass is 449 g/mol. The summed E-state index contributed by atoms with van der Waals surface area (Å²) < 4.78 is 4.71. The van der Waals surface area contributed by atoms with Gasteiger partial charge in [-0.1, -0.05) is 36.2 Å². The normalized spacial score (nSPS) is 16.8. The van der Waals surface area contributed by atoms with Crippen molar-refractivity contribution < 1.29 is 0 Å². The van der Waals surface area contributed by atoms with Crippen molar-refractivity contribution in [3.05, 3.63) is 56.2 Å². The number of imidazole rings is 1. The molecule has 0 aliphatic carbocycles. The average Bonchev–Trinajstić information content (AvgIpc) is 3.20. The van der Waals surface area contributed by atoms with Crippen LogP contribution in [0.15, 0.2) is 39.0 Å². The van der Waals surface area contributed by atoms with Gasteiger partial charge in [-0.3, -0.25) is 18.5 Å². The summed E-state index contributed by atoms with van der Waals surface area (Å²) in [6.45, 7) is 8.53. The molecule has 0 saturated carbocycles. The predicted molar refractivity (Wildman–Crippen MR) is 130 cm³/mol. The van der Waals surface area contributed by atoms with Gasteiger partial charge in [-0.2, -0.15) is 10.1 Å². The molecule has 33 heavy (non-hydrogen) atoms. The summed E-state index contributed by atoms with van der Waals surface area (Å²) in [5, 5.41) is 6.62. The number of likely N-dealkylation sites (tertiary alicyclic amines) is 1. The fourth-order valence-corrected chi connectivity index (χ4v) is 4.80. The van der Waals surface area contributed by atoms with Crippen LogP contribution in [0.25, 0.3) is 11.2 Å². The van der Waals surface area contributed by atoms with Gasteiger partial charge >= 0.3 is 5.69 Å². The van der Waals surface area contributed by atoms with Crippen molar-refractivity contribution in [2.75, 3.05) is 31.2 Å². The molecule has 0 amide bonds. The molecule has 5 rings (SSSR count). The number of hydrazone groups is 1. The van der Waals surface area contributed by atoms with Crippen LogP contribution in [-0.4, -0.2) is 55.5 Å². The molecule has 2 aromatic heterocycles. The van der Waals surface area contributed by atoms with Crippen molar-refractivity contribution in [3.63, 3.8) is 0 Å². The quantitative estimate of drug-likeness (QED) is 0.595. The van der Waals surface area contributed by atoms with Gasteiger partial charge in [0.1, 0.15) is 0 Å². The first kappa shape index (κ1) is 21.6. The smallest absolute Gasteiger partial charge is 0.301 e. The van der Waals surface area contributed by atoms with Crippen LogP contribution in [-0.2, 0) is 20.1 Å². The number of rotatable bonds is 5. The molecule has 1 fully saturated rings. The maximum Gasteiger partial charge on any atom is 0.332 e. The Labute approximate surface area is 192 Å². The summed E-state index contributed by atoms with van der Waals surface area (Å²) in [6, 6.07) is 7.89. The van der Waals surface area contributed by atoms with E-state index >= 15 is 0 Å². The first-order valence-corrected chi connectivity index (χ1v) is 11.7. The second kappa shape index (κ2) is 8.62. The lowest BCUT2D eigenvalue weighted by atomic mass is 10.1. The minimum atomic E-state index is -0.360. The number of fused-ring (bicyclic) bond motifs is 3. The highest BCUT2D eigenvalue weighted by molar-refractivity contribution is 5.87. The maximum absolute atomic E-state index is 13.5. The van der Waals surface area contributed by atoms with Crippen LogP contribution in [0.3, 0.4) is 0 Å². The molecule has 0 bridgehead atoms. The Balaban J connectivity index is 1.54. The van der Waals surface area contributed by atoms with Crippen molar-refractivity contribution in [1.29, 1.82) is 0 Å². The van der Waals surface area contributed by atoms with E-state index in [9.17, 15) is 9.59 Å². The van der Waals surface area contributed by atoms with Crippen LogP contribution in [0.1, 0.15) is 37.3 Å². The van der Waals surface area contributed by atoms with Gasteiger partial charge in [0, 0.05) is 13.6 Å². The van der Waals surface area contributed by atoms with Gasteiger partial charge in [-0.15, -0.1) is 0 Å². The Morgan fingerprint density at radius 2 is 1.70 bits per heavy atom. The summed E-state index contributed by atoms with van der Waals surface area (Å²) >= 11 is 0. The van der Waals surface area contributed by atoms with E-state index in [1.54, 1.807) is 7.05 Å². The number of aryl methyl sites for hydroxylation is 2. The lowest BCUT2D eigenvalue weighted by Gasteiger charge is -2.30. The van der Waals surface area contributed by atoms with Crippen LogP contribution in [0, 0.1) is 6.92 Å². The topological polar surface area (TPSA) is 80.7 Å². The lowest BCUT2D eigenvalue weighted by Crippen LogP contribution is -2.40. The SMILES string of the molecule is CC1=NN(CCN2CCCCC2)c2nc3c(c(=O)n(Cc4ccc(C)cc4)c(=O)n3C)n2C1. The van der Waals surface area contributed by atoms with Crippen molar-refractivity contribution in [3.8, 4) is 0 Å². The third-order valence-electron chi connectivity index (χ3n) is 6.66. The van der Waals surface area contributed by atoms with Crippen LogP contribution in [0.5, 0.6) is 0 Å². The zero-order valence-electron chi connectivity index (χ0n) is 19.6. The third kappa shape index (κ3) is 4.01. The predicted octanol–water partition coefficient (Wildman–Crippen LogP) is 1.94. The molecule has 4 heterocycles. The molecular formula is C24H31N7O2. The molecule has 174 valence electrons. The zero-order valence-corrected chi connectivity index (χ0v) is 19.6. The highest BCUT2D eigenvalue weighted by atomic mass is 16.2. The van der Waals surface area contributed by atoms with Gasteiger partial charge in [-0.05, 0) is 45.3 Å². The number of anilines is 1. The van der Waals surface area contributed by atoms with Gasteiger partial charge in [0.15, 0.2) is 11.2 Å². The van der Waals surface area contributed by atoms with Crippen molar-refractivity contribution in [2.24, 2.45) is 12.1 Å². The minimum absolute atomic E-state index is 0.230. The lowest BCUT2D eigenvalue weighted by molar-refractivity contribution is 0.233. The van der Waals surface area contributed by atoms with Crippen molar-refractivity contribution in [1.82, 2.24) is 23.6 Å². The number of hydrogen-bond acceptors (Lipinski definition) is 6. The van der Waals surface area contributed by atoms with E-state index in [0.717, 1.165) is 36.5 Å². The van der Waals surface area contributed by atoms with Gasteiger partial charge in [0.2, 0.25) is 5.95 Å². The van der Waals surface area contributed by atoms with E-state index in [2.05, 4.69) is 4.90 Å². The maximum atomic E-state index is 13.5. The molecule has 2 aliphatic rings. The number of hydrogen-bond donors (Lipinski definition) is 0. The molecule has 0 unspecified atom stereocenters. The first-order chi connectivity index (χ1) is 15.9. The van der Waals surface area contributed by atoms with E-state index in [4.69, 9.17) is 10.1 Å². The Bertz CT molecular complexity index is 1320. The molecule has 0 atom stereocenters. The molecule has 9 heteroatoms. The summed E-state index contributed by atoms with van der Waals surface area (Å²) in [6.07, 6.45) is 3.78. The fourth-order valence-electron chi connectivity index (χ4n) is 4.80. The van der Waals surface area contributed by atoms with E-state index in [1.165, 1.54) is 28.4 Å². The molecule has 0 N–H and O–H groups in total. The molecular weight excluding hydrogens is 418 g/mol. The largest absolute Gasteiger partial charge is 0.332 e. The van der Waals surface area contributed by atoms with E-state index in [0.29, 0.717) is 30.2 Å². The van der Waals surface area contributed by atoms with Gasteiger partial charge < -0.3 is 4.90 Å². The number of benzene rings is 1. The molecule has 1 saturated heterocycles. The van der Waals surface area contributed by atoms with Crippen molar-refractivity contribution in [2.45, 2.75) is 46.2 Å². The summed E-state index contributed by atoms with van der Waals surface area (Å²) in [4.78, 5) is 33.8. The summed E-state index contributed by atoms with van der Waals surface area (Å²) in [5.41, 5.74) is 3.17. The highest BCUT2D eigenvalue weighted by Crippen LogP contribution is 2.24. The Morgan fingerprint density at radius 1 is 0.970 bits per heavy atom. The Hall–Kier alpha value is -3.20. The van der Waals surface area contributed by atoms with Gasteiger partial charge in [-0.25, -0.2) is 9.80 Å². The average molecular weight is 450 g/mol. The molecule has 3 aromatic rings. The Kier molecular flexibility index (Phi) is 5.65. The fraction of sp³-hybridized carbons (Fsp3) is 0.500. The van der Waals surface area contributed by atoms with E-state index in [1.807, 2.05) is 47.7 Å². The minimum Gasteiger partial charge on any atom is -0.301 e. The summed E-state index contributed by atoms with van der Waals surface area (Å²) in [7, 11) is 1.68. The second-order valence-electron chi connectivity index (χ2n) is 9.25. The van der Waals surface area contributed by atoms with Crippen LogP contribution >= 0.6 is 0 Å². The Morgan fingerprint density at radius 3 is 2.42 bits per heavy atom. The van der Waals surface area contributed by atoms with Crippen molar-refractivity contribution >= 4 is 22.8 Å². The number of piperidine rings is 1. The van der Waals surface area contributed by atoms with Crippen LogP contribution in [0.2, 0.25) is 0 Å². The van der Waals surface area contributed by atoms with E-state index < -0.39 is 0 Å². The standard InChI is InChI=1S/C24H31N7O2/c1-17-7-9-19(10-8-17)16-30-22(32)20-21(27(3)24(30)33)25-23-29(20)15-18(2)26-31(23)14-13-28-11-5-4-6-12-28/h7-10H,4-6,11-16H2,1-3H3. The number of aromatic nitrogens is 4. The summed E-state index contributed by atoms with van der Waals surface area (Å²) in [5.74, 6) is 0.632. The second-order valence-corrected chi connectivity index (χ2v) is 9.25. The molecule has 9 nitrogen and oxygen atoms in total. The molecule has 2 aliphatic heterocycles. The molecule has 1 aromatic carbocycles. The highest BCUT2D eigenvalue weighted by Gasteiger charge is 2.27. The number of nitrogens with zero attached hydrogens (tertiary/aromatic N) is 7. The van der Waals surface area contributed by atoms with Crippen LogP contribution < -0.4 is 16.3 Å². The van der Waals surface area contributed by atoms with Gasteiger partial charge in [0.05, 0.1) is 25.3 Å². The van der Waals surface area contributed by atoms with E-state index in [-0.39, 0.29) is 17.8 Å². The first-order valence-electron chi connectivity index (χ1n) is 11.7. The molecule has 0 radical (unpaired) electrons. The van der Waals surface area contributed by atoms with Crippen LogP contribution in [0.4, 0.5) is 5.95 Å².